The zero-order valence-electron chi connectivity index (χ0n) is 22.3. The van der Waals surface area contributed by atoms with Crippen LogP contribution in [0.3, 0.4) is 0 Å². The molecule has 0 unspecified atom stereocenters. The van der Waals surface area contributed by atoms with Crippen LogP contribution in [-0.4, -0.2) is 52.8 Å². The monoisotopic (exact) mass is 509 g/mol. The molecule has 1 N–H and O–H groups in total. The highest BCUT2D eigenvalue weighted by atomic mass is 16.5. The summed E-state index contributed by atoms with van der Waals surface area (Å²) in [5, 5.41) is 1.16. The number of rotatable bonds is 11. The zero-order chi connectivity index (χ0) is 26.9. The van der Waals surface area contributed by atoms with Gasteiger partial charge in [0.25, 0.3) is 0 Å². The van der Waals surface area contributed by atoms with E-state index in [2.05, 4.69) is 11.1 Å². The SMILES string of the molecule is COc1ccc(CN(CCc2c[nH]c3ccccc23)C(=O)CN(C(=O)C=Cc2ccccc2)C(C)C)cc1. The number of carbonyl (C=O) groups is 2. The number of carbonyl (C=O) groups excluding carboxylic acids is 2. The number of ether oxygens (including phenoxy) is 1. The molecule has 2 amide bonds. The van der Waals surface area contributed by atoms with Gasteiger partial charge < -0.3 is 19.5 Å². The lowest BCUT2D eigenvalue weighted by Crippen LogP contribution is -2.45. The van der Waals surface area contributed by atoms with Crippen molar-refractivity contribution in [3.63, 3.8) is 0 Å². The van der Waals surface area contributed by atoms with Crippen LogP contribution in [0.1, 0.15) is 30.5 Å². The first-order valence-corrected chi connectivity index (χ1v) is 12.9. The van der Waals surface area contributed by atoms with Gasteiger partial charge in [-0.15, -0.1) is 0 Å². The number of amides is 2. The van der Waals surface area contributed by atoms with Gasteiger partial charge >= 0.3 is 0 Å². The number of nitrogens with zero attached hydrogens (tertiary/aromatic N) is 2. The molecule has 4 aromatic rings. The van der Waals surface area contributed by atoms with Crippen molar-refractivity contribution in [2.24, 2.45) is 0 Å². The highest BCUT2D eigenvalue weighted by Crippen LogP contribution is 2.20. The van der Waals surface area contributed by atoms with Crippen molar-refractivity contribution in [3.8, 4) is 5.75 Å². The molecule has 4 rings (SSSR count). The Morgan fingerprint density at radius 2 is 1.66 bits per heavy atom. The summed E-state index contributed by atoms with van der Waals surface area (Å²) in [7, 11) is 1.63. The number of para-hydroxylation sites is 1. The Kier molecular flexibility index (Phi) is 8.98. The molecule has 3 aromatic carbocycles. The number of hydrogen-bond acceptors (Lipinski definition) is 3. The maximum Gasteiger partial charge on any atom is 0.247 e. The van der Waals surface area contributed by atoms with Crippen molar-refractivity contribution in [1.29, 1.82) is 0 Å². The minimum atomic E-state index is -0.182. The van der Waals surface area contributed by atoms with E-state index in [1.807, 2.05) is 97.7 Å². The zero-order valence-corrected chi connectivity index (χ0v) is 22.3. The van der Waals surface area contributed by atoms with Gasteiger partial charge in [-0.25, -0.2) is 0 Å². The number of fused-ring (bicyclic) bond motifs is 1. The highest BCUT2D eigenvalue weighted by molar-refractivity contribution is 5.94. The third-order valence-electron chi connectivity index (χ3n) is 6.64. The Bertz CT molecular complexity index is 1370. The summed E-state index contributed by atoms with van der Waals surface area (Å²) in [6, 6.07) is 25.5. The molecule has 0 radical (unpaired) electrons. The molecule has 0 saturated carbocycles. The summed E-state index contributed by atoms with van der Waals surface area (Å²) in [6.45, 7) is 4.86. The van der Waals surface area contributed by atoms with Crippen LogP contribution in [0.25, 0.3) is 17.0 Å². The van der Waals surface area contributed by atoms with Crippen LogP contribution >= 0.6 is 0 Å². The van der Waals surface area contributed by atoms with Crippen molar-refractivity contribution >= 4 is 28.8 Å². The fourth-order valence-corrected chi connectivity index (χ4v) is 4.43. The maximum atomic E-state index is 13.7. The Morgan fingerprint density at radius 3 is 2.37 bits per heavy atom. The molecule has 196 valence electrons. The predicted molar refractivity (Wildman–Crippen MR) is 153 cm³/mol. The number of H-pyrrole nitrogens is 1. The minimum absolute atomic E-state index is 0.0136. The normalized spacial score (nSPS) is 11.3. The number of aromatic amines is 1. The van der Waals surface area contributed by atoms with Crippen LogP contribution in [0.2, 0.25) is 0 Å². The van der Waals surface area contributed by atoms with E-state index in [0.717, 1.165) is 33.3 Å². The lowest BCUT2D eigenvalue weighted by atomic mass is 10.1. The van der Waals surface area contributed by atoms with Gasteiger partial charge in [0, 0.05) is 42.3 Å². The number of hydrogen-bond donors (Lipinski definition) is 1. The first-order valence-electron chi connectivity index (χ1n) is 12.9. The lowest BCUT2D eigenvalue weighted by Gasteiger charge is -2.29. The van der Waals surface area contributed by atoms with Crippen LogP contribution in [0, 0.1) is 0 Å². The van der Waals surface area contributed by atoms with Crippen LogP contribution < -0.4 is 4.74 Å². The molecule has 0 spiro atoms. The Hall–Kier alpha value is -4.32. The van der Waals surface area contributed by atoms with Crippen molar-refractivity contribution in [2.75, 3.05) is 20.2 Å². The van der Waals surface area contributed by atoms with E-state index in [1.54, 1.807) is 24.2 Å². The van der Waals surface area contributed by atoms with Gasteiger partial charge in [-0.05, 0) is 61.2 Å². The summed E-state index contributed by atoms with van der Waals surface area (Å²) < 4.78 is 5.28. The Morgan fingerprint density at radius 1 is 0.947 bits per heavy atom. The molecular weight excluding hydrogens is 474 g/mol. The van der Waals surface area contributed by atoms with E-state index in [4.69, 9.17) is 4.74 Å². The van der Waals surface area contributed by atoms with Crippen LogP contribution in [0.15, 0.2) is 91.1 Å². The highest BCUT2D eigenvalue weighted by Gasteiger charge is 2.23. The minimum Gasteiger partial charge on any atom is -0.497 e. The fraction of sp³-hybridized carbons (Fsp3) is 0.250. The smallest absolute Gasteiger partial charge is 0.247 e. The first-order chi connectivity index (χ1) is 18.4. The second-order valence-electron chi connectivity index (χ2n) is 9.58. The molecule has 1 aromatic heterocycles. The molecule has 38 heavy (non-hydrogen) atoms. The Balaban J connectivity index is 1.51. The van der Waals surface area contributed by atoms with E-state index in [0.29, 0.717) is 19.5 Å². The van der Waals surface area contributed by atoms with E-state index < -0.39 is 0 Å². The molecule has 0 fully saturated rings. The third kappa shape index (κ3) is 6.91. The summed E-state index contributed by atoms with van der Waals surface area (Å²) >= 11 is 0. The molecule has 0 aliphatic carbocycles. The number of nitrogens with one attached hydrogen (secondary N) is 1. The molecule has 0 atom stereocenters. The van der Waals surface area contributed by atoms with E-state index in [-0.39, 0.29) is 24.4 Å². The molecule has 6 nitrogen and oxygen atoms in total. The van der Waals surface area contributed by atoms with Crippen molar-refractivity contribution in [2.45, 2.75) is 32.9 Å². The van der Waals surface area contributed by atoms with Gasteiger partial charge in [0.1, 0.15) is 12.3 Å². The van der Waals surface area contributed by atoms with Gasteiger partial charge in [0.2, 0.25) is 11.8 Å². The first kappa shape index (κ1) is 26.7. The van der Waals surface area contributed by atoms with Crippen LogP contribution in [-0.2, 0) is 22.6 Å². The number of aromatic nitrogens is 1. The van der Waals surface area contributed by atoms with Gasteiger partial charge in [0.15, 0.2) is 0 Å². The summed E-state index contributed by atoms with van der Waals surface area (Å²) in [4.78, 5) is 33.5. The lowest BCUT2D eigenvalue weighted by molar-refractivity contribution is -0.139. The van der Waals surface area contributed by atoms with Gasteiger partial charge in [-0.3, -0.25) is 9.59 Å². The second kappa shape index (κ2) is 12.8. The van der Waals surface area contributed by atoms with Gasteiger partial charge in [-0.1, -0.05) is 60.7 Å². The summed E-state index contributed by atoms with van der Waals surface area (Å²) in [5.74, 6) is 0.501. The van der Waals surface area contributed by atoms with Gasteiger partial charge in [-0.2, -0.15) is 0 Å². The topological polar surface area (TPSA) is 65.6 Å². The quantitative estimate of drug-likeness (QED) is 0.264. The average molecular weight is 510 g/mol. The molecule has 0 saturated heterocycles. The molecule has 6 heteroatoms. The fourth-order valence-electron chi connectivity index (χ4n) is 4.43. The van der Waals surface area contributed by atoms with Crippen LogP contribution in [0.5, 0.6) is 5.75 Å². The predicted octanol–water partition coefficient (Wildman–Crippen LogP) is 5.70. The van der Waals surface area contributed by atoms with Gasteiger partial charge in [0.05, 0.1) is 7.11 Å². The molecular formula is C32H35N3O3. The van der Waals surface area contributed by atoms with Crippen molar-refractivity contribution in [1.82, 2.24) is 14.8 Å². The van der Waals surface area contributed by atoms with E-state index in [1.165, 1.54) is 0 Å². The molecule has 0 bridgehead atoms. The van der Waals surface area contributed by atoms with E-state index >= 15 is 0 Å². The molecule has 0 aliphatic heterocycles. The van der Waals surface area contributed by atoms with E-state index in [9.17, 15) is 9.59 Å². The van der Waals surface area contributed by atoms with Crippen LogP contribution in [0.4, 0.5) is 0 Å². The Labute approximate surface area is 224 Å². The van der Waals surface area contributed by atoms with Crippen molar-refractivity contribution in [3.05, 3.63) is 108 Å². The number of benzene rings is 3. The standard InChI is InChI=1S/C32H35N3O3/c1-24(2)35(31(36)18-15-25-9-5-4-6-10-25)23-32(37)34(22-26-13-16-28(38-3)17-14-26)20-19-27-21-33-30-12-8-7-11-29(27)30/h4-18,21,24,33H,19-20,22-23H2,1-3H3. The summed E-state index contributed by atoms with van der Waals surface area (Å²) in [5.41, 5.74) is 4.19. The maximum absolute atomic E-state index is 13.7. The second-order valence-corrected chi connectivity index (χ2v) is 9.58. The largest absolute Gasteiger partial charge is 0.497 e. The molecule has 0 aliphatic rings. The third-order valence-corrected chi connectivity index (χ3v) is 6.64. The average Bonchev–Trinajstić information content (AvgIpc) is 3.36. The van der Waals surface area contributed by atoms with Crippen molar-refractivity contribution < 1.29 is 14.3 Å². The summed E-state index contributed by atoms with van der Waals surface area (Å²) in [6.07, 6.45) is 6.05. The number of methoxy groups -OCH3 is 1. The molecule has 1 heterocycles.